The van der Waals surface area contributed by atoms with Gasteiger partial charge in [0.2, 0.25) is 0 Å². The summed E-state index contributed by atoms with van der Waals surface area (Å²) in [6, 6.07) is 25.7. The average molecular weight is 536 g/mol. The van der Waals surface area contributed by atoms with Gasteiger partial charge in [0, 0.05) is 44.0 Å². The topological polar surface area (TPSA) is 86.6 Å². The molecule has 0 unspecified atom stereocenters. The molecule has 0 radical (unpaired) electrons. The van der Waals surface area contributed by atoms with E-state index in [1.54, 1.807) is 12.1 Å². The number of amides is 1. The smallest absolute Gasteiger partial charge is 0.291 e. The van der Waals surface area contributed by atoms with E-state index in [-0.39, 0.29) is 11.7 Å². The molecular formula is C32H33N5O3. The minimum absolute atomic E-state index is 0.275. The maximum Gasteiger partial charge on any atom is 0.291 e. The van der Waals surface area contributed by atoms with Crippen LogP contribution < -0.4 is 15.0 Å². The Morgan fingerprint density at radius 2 is 1.77 bits per heavy atom. The summed E-state index contributed by atoms with van der Waals surface area (Å²) in [4.78, 5) is 25.5. The molecule has 8 heteroatoms. The number of carbonyl (C=O) groups excluding carboxylic acids is 1. The number of benzene rings is 3. The van der Waals surface area contributed by atoms with Crippen molar-refractivity contribution in [1.29, 1.82) is 0 Å². The van der Waals surface area contributed by atoms with Crippen molar-refractivity contribution in [2.24, 2.45) is 0 Å². The highest BCUT2D eigenvalue weighted by Crippen LogP contribution is 2.29. The molecule has 40 heavy (non-hydrogen) atoms. The van der Waals surface area contributed by atoms with Gasteiger partial charge in [0.15, 0.2) is 5.76 Å². The van der Waals surface area contributed by atoms with Crippen LogP contribution in [0.25, 0.3) is 22.4 Å². The number of aromatic nitrogens is 2. The second-order valence-electron chi connectivity index (χ2n) is 9.94. The molecule has 0 aliphatic carbocycles. The Hall–Kier alpha value is -4.56. The fourth-order valence-corrected chi connectivity index (χ4v) is 5.05. The first-order chi connectivity index (χ1) is 19.7. The third-order valence-electron chi connectivity index (χ3n) is 7.37. The third-order valence-corrected chi connectivity index (χ3v) is 7.37. The van der Waals surface area contributed by atoms with E-state index in [0.29, 0.717) is 12.3 Å². The predicted molar refractivity (Wildman–Crippen MR) is 158 cm³/mol. The number of hydrogen-bond donors (Lipinski definition) is 2. The maximum absolute atomic E-state index is 12.1. The van der Waals surface area contributed by atoms with Crippen molar-refractivity contribution < 1.29 is 13.9 Å². The molecule has 5 aromatic rings. The van der Waals surface area contributed by atoms with Gasteiger partial charge in [-0.3, -0.25) is 9.69 Å². The van der Waals surface area contributed by atoms with Gasteiger partial charge in [-0.25, -0.2) is 4.98 Å². The van der Waals surface area contributed by atoms with E-state index in [2.05, 4.69) is 69.5 Å². The van der Waals surface area contributed by atoms with Crippen LogP contribution >= 0.6 is 0 Å². The quantitative estimate of drug-likeness (QED) is 0.247. The lowest BCUT2D eigenvalue weighted by atomic mass is 10.1. The number of aromatic amines is 1. The monoisotopic (exact) mass is 535 g/mol. The Bertz CT molecular complexity index is 1550. The molecule has 2 aromatic heterocycles. The van der Waals surface area contributed by atoms with Gasteiger partial charge in [0.05, 0.1) is 17.5 Å². The second-order valence-corrected chi connectivity index (χ2v) is 9.94. The van der Waals surface area contributed by atoms with Gasteiger partial charge in [-0.2, -0.15) is 0 Å². The van der Waals surface area contributed by atoms with Gasteiger partial charge in [0.25, 0.3) is 5.91 Å². The molecule has 0 atom stereocenters. The van der Waals surface area contributed by atoms with Crippen LogP contribution in [0.1, 0.15) is 23.0 Å². The summed E-state index contributed by atoms with van der Waals surface area (Å²) in [5, 5.41) is 2.81. The summed E-state index contributed by atoms with van der Waals surface area (Å²) in [7, 11) is 0. The van der Waals surface area contributed by atoms with Crippen molar-refractivity contribution in [3.63, 3.8) is 0 Å². The largest absolute Gasteiger partial charge is 0.492 e. The number of para-hydroxylation sites is 1. The minimum Gasteiger partial charge on any atom is -0.492 e. The van der Waals surface area contributed by atoms with E-state index in [0.717, 1.165) is 67.3 Å². The molecule has 204 valence electrons. The number of anilines is 2. The fraction of sp³-hybridized carbons (Fsp3) is 0.250. The molecule has 3 heterocycles. The van der Waals surface area contributed by atoms with E-state index in [9.17, 15) is 4.79 Å². The highest BCUT2D eigenvalue weighted by atomic mass is 16.5. The lowest BCUT2D eigenvalue weighted by Crippen LogP contribution is -2.47. The molecule has 6 rings (SSSR count). The van der Waals surface area contributed by atoms with Gasteiger partial charge in [0.1, 0.15) is 23.7 Å². The molecule has 3 aromatic carbocycles. The number of fused-ring (bicyclic) bond motifs is 1. The van der Waals surface area contributed by atoms with Gasteiger partial charge < -0.3 is 24.4 Å². The normalized spacial score (nSPS) is 14.0. The Morgan fingerprint density at radius 3 is 2.50 bits per heavy atom. The highest BCUT2D eigenvalue weighted by Gasteiger charge is 2.20. The Morgan fingerprint density at radius 1 is 0.975 bits per heavy atom. The molecule has 1 fully saturated rings. The van der Waals surface area contributed by atoms with Crippen LogP contribution in [0, 0.1) is 0 Å². The number of carbonyl (C=O) groups is 1. The lowest BCUT2D eigenvalue weighted by molar-refractivity contribution is 0.0996. The van der Waals surface area contributed by atoms with Gasteiger partial charge in [-0.05, 0) is 60.5 Å². The number of ether oxygens (including phenoxy) is 1. The van der Waals surface area contributed by atoms with Gasteiger partial charge in [-0.1, -0.05) is 37.3 Å². The molecule has 8 nitrogen and oxygen atoms in total. The highest BCUT2D eigenvalue weighted by molar-refractivity contribution is 6.02. The SMILES string of the molecule is CCc1ccc(-c2nc3c(N4CCN(CCOc5ccc(NC(=O)c6ccco6)cc5)CC4)cccc3[nH]2)cc1. The van der Waals surface area contributed by atoms with Crippen molar-refractivity contribution >= 4 is 28.3 Å². The van der Waals surface area contributed by atoms with Crippen LogP contribution in [-0.2, 0) is 6.42 Å². The lowest BCUT2D eigenvalue weighted by Gasteiger charge is -2.36. The Labute approximate surface area is 233 Å². The molecule has 1 amide bonds. The van der Waals surface area contributed by atoms with Crippen LogP contribution in [0.2, 0.25) is 0 Å². The third kappa shape index (κ3) is 5.72. The van der Waals surface area contributed by atoms with E-state index in [1.165, 1.54) is 17.5 Å². The van der Waals surface area contributed by atoms with Crippen molar-refractivity contribution in [3.8, 4) is 17.1 Å². The number of nitrogens with one attached hydrogen (secondary N) is 2. The first-order valence-electron chi connectivity index (χ1n) is 13.8. The number of piperazine rings is 1. The molecule has 0 bridgehead atoms. The van der Waals surface area contributed by atoms with Gasteiger partial charge in [-0.15, -0.1) is 0 Å². The van der Waals surface area contributed by atoms with E-state index < -0.39 is 0 Å². The minimum atomic E-state index is -0.275. The van der Waals surface area contributed by atoms with Crippen LogP contribution in [0.5, 0.6) is 5.75 Å². The first-order valence-corrected chi connectivity index (χ1v) is 13.8. The number of rotatable bonds is 9. The summed E-state index contributed by atoms with van der Waals surface area (Å²) >= 11 is 0. The molecule has 0 saturated carbocycles. The van der Waals surface area contributed by atoms with E-state index in [4.69, 9.17) is 14.1 Å². The summed E-state index contributed by atoms with van der Waals surface area (Å²) in [5.74, 6) is 1.70. The number of aryl methyl sites for hydroxylation is 1. The van der Waals surface area contributed by atoms with Crippen molar-refractivity contribution in [3.05, 3.63) is 96.4 Å². The summed E-state index contributed by atoms with van der Waals surface area (Å²) in [6.07, 6.45) is 2.51. The summed E-state index contributed by atoms with van der Waals surface area (Å²) in [6.45, 7) is 7.44. The molecule has 1 aliphatic rings. The first kappa shape index (κ1) is 25.7. The number of imidazole rings is 1. The molecule has 2 N–H and O–H groups in total. The average Bonchev–Trinajstić information content (AvgIpc) is 3.69. The van der Waals surface area contributed by atoms with Crippen molar-refractivity contribution in [2.75, 3.05) is 49.5 Å². The standard InChI is InChI=1S/C32H33N5O3/c1-2-23-8-10-24(11-9-23)31-34-27-5-3-6-28(30(27)35-31)37-18-16-36(17-19-37)20-22-39-26-14-12-25(13-15-26)33-32(38)29-7-4-21-40-29/h3-15,21H,2,16-20,22H2,1H3,(H,33,38)(H,34,35). The van der Waals surface area contributed by atoms with Crippen molar-refractivity contribution in [2.45, 2.75) is 13.3 Å². The zero-order chi connectivity index (χ0) is 27.3. The fourth-order valence-electron chi connectivity index (χ4n) is 5.05. The number of furan rings is 1. The molecular weight excluding hydrogens is 502 g/mol. The summed E-state index contributed by atoms with van der Waals surface area (Å²) in [5.41, 5.74) is 6.40. The van der Waals surface area contributed by atoms with Crippen LogP contribution in [-0.4, -0.2) is 60.1 Å². The zero-order valence-electron chi connectivity index (χ0n) is 22.6. The number of H-pyrrole nitrogens is 1. The Balaban J connectivity index is 1.000. The van der Waals surface area contributed by atoms with E-state index in [1.807, 2.05) is 24.3 Å². The molecule has 1 aliphatic heterocycles. The maximum atomic E-state index is 12.1. The van der Waals surface area contributed by atoms with E-state index >= 15 is 0 Å². The Kier molecular flexibility index (Phi) is 7.50. The van der Waals surface area contributed by atoms with Crippen LogP contribution in [0.3, 0.4) is 0 Å². The predicted octanol–water partition coefficient (Wildman–Crippen LogP) is 5.84. The number of hydrogen-bond acceptors (Lipinski definition) is 6. The molecule has 1 saturated heterocycles. The molecule has 0 spiro atoms. The summed E-state index contributed by atoms with van der Waals surface area (Å²) < 4.78 is 11.1. The van der Waals surface area contributed by atoms with Crippen LogP contribution in [0.4, 0.5) is 11.4 Å². The van der Waals surface area contributed by atoms with Gasteiger partial charge >= 0.3 is 0 Å². The zero-order valence-corrected chi connectivity index (χ0v) is 22.6. The van der Waals surface area contributed by atoms with Crippen LogP contribution in [0.15, 0.2) is 89.5 Å². The van der Waals surface area contributed by atoms with Crippen molar-refractivity contribution in [1.82, 2.24) is 14.9 Å². The second kappa shape index (κ2) is 11.7. The number of nitrogens with zero attached hydrogens (tertiary/aromatic N) is 3.